The normalized spacial score (nSPS) is 18.8. The molecule has 0 atom stereocenters. The molecule has 0 aliphatic carbocycles. The number of rotatable bonds is 3. The van der Waals surface area contributed by atoms with E-state index in [-0.39, 0.29) is 23.5 Å². The number of aromatic nitrogens is 1. The number of carbonyl (C=O) groups excluding carboxylic acids is 1. The van der Waals surface area contributed by atoms with Gasteiger partial charge in [-0.2, -0.15) is 0 Å². The fourth-order valence-electron chi connectivity index (χ4n) is 2.07. The average Bonchev–Trinajstić information content (AvgIpc) is 2.41. The van der Waals surface area contributed by atoms with Crippen LogP contribution < -0.4 is 10.6 Å². The number of carbonyl (C=O) groups is 1. The maximum Gasteiger partial charge on any atom is 0.254 e. The van der Waals surface area contributed by atoms with Crippen LogP contribution in [0.1, 0.15) is 23.2 Å². The van der Waals surface area contributed by atoms with Crippen LogP contribution in [0.2, 0.25) is 0 Å². The zero-order chi connectivity index (χ0) is 13.9. The van der Waals surface area contributed by atoms with E-state index in [1.54, 1.807) is 25.4 Å². The molecule has 2 N–H and O–H groups in total. The lowest BCUT2D eigenvalue weighted by atomic mass is 10.1. The third-order valence-electron chi connectivity index (χ3n) is 3.17. The quantitative estimate of drug-likeness (QED) is 0.840. The summed E-state index contributed by atoms with van der Waals surface area (Å²) in [5.41, 5.74) is 0.471. The summed E-state index contributed by atoms with van der Waals surface area (Å²) in [6.07, 6.45) is 2.70. The number of anilines is 1. The summed E-state index contributed by atoms with van der Waals surface area (Å²) in [5, 5.41) is 5.72. The fourth-order valence-corrected chi connectivity index (χ4v) is 3.56. The van der Waals surface area contributed by atoms with Gasteiger partial charge >= 0.3 is 0 Å². The van der Waals surface area contributed by atoms with Crippen LogP contribution in [0, 0.1) is 0 Å². The molecule has 0 spiro atoms. The molecule has 0 unspecified atom stereocenters. The molecule has 7 heteroatoms. The maximum atomic E-state index is 11.7. The van der Waals surface area contributed by atoms with Crippen LogP contribution in [0.5, 0.6) is 0 Å². The largest absolute Gasteiger partial charge is 0.367 e. The third kappa shape index (κ3) is 3.44. The van der Waals surface area contributed by atoms with Crippen molar-refractivity contribution in [1.82, 2.24) is 10.3 Å². The number of sulfone groups is 1. The van der Waals surface area contributed by atoms with Gasteiger partial charge in [-0.3, -0.25) is 4.79 Å². The molecule has 1 saturated heterocycles. The Hall–Kier alpha value is -1.63. The minimum atomic E-state index is -2.88. The molecule has 0 bridgehead atoms. The molecule has 1 fully saturated rings. The molecule has 0 saturated carbocycles. The van der Waals surface area contributed by atoms with Gasteiger partial charge in [0.25, 0.3) is 5.91 Å². The number of pyridine rings is 1. The number of nitrogens with one attached hydrogen (secondary N) is 2. The Kier molecular flexibility index (Phi) is 4.04. The van der Waals surface area contributed by atoms with Crippen LogP contribution >= 0.6 is 0 Å². The van der Waals surface area contributed by atoms with Gasteiger partial charge < -0.3 is 10.6 Å². The Labute approximate surface area is 112 Å². The van der Waals surface area contributed by atoms with E-state index in [9.17, 15) is 13.2 Å². The van der Waals surface area contributed by atoms with Gasteiger partial charge in [-0.25, -0.2) is 13.4 Å². The van der Waals surface area contributed by atoms with E-state index in [0.29, 0.717) is 24.2 Å². The molecular formula is C12H17N3O3S. The van der Waals surface area contributed by atoms with E-state index >= 15 is 0 Å². The lowest BCUT2D eigenvalue weighted by Crippen LogP contribution is -2.33. The zero-order valence-electron chi connectivity index (χ0n) is 10.7. The number of hydrogen-bond donors (Lipinski definition) is 2. The minimum Gasteiger partial charge on any atom is -0.367 e. The smallest absolute Gasteiger partial charge is 0.254 e. The molecule has 1 aliphatic heterocycles. The first-order valence-corrected chi connectivity index (χ1v) is 7.98. The van der Waals surface area contributed by atoms with E-state index in [0.717, 1.165) is 0 Å². The van der Waals surface area contributed by atoms with Crippen LogP contribution in [-0.2, 0) is 9.84 Å². The monoisotopic (exact) mass is 283 g/mol. The van der Waals surface area contributed by atoms with E-state index < -0.39 is 9.84 Å². The van der Waals surface area contributed by atoms with Gasteiger partial charge in [0.05, 0.1) is 17.1 Å². The highest BCUT2D eigenvalue weighted by molar-refractivity contribution is 7.91. The predicted molar refractivity (Wildman–Crippen MR) is 72.9 cm³/mol. The summed E-state index contributed by atoms with van der Waals surface area (Å²) in [6.45, 7) is 0. The summed E-state index contributed by atoms with van der Waals surface area (Å²) >= 11 is 0. The first-order valence-electron chi connectivity index (χ1n) is 6.16. The molecule has 0 aromatic carbocycles. The number of amides is 1. The summed E-state index contributed by atoms with van der Waals surface area (Å²) in [5.74, 6) is 0.671. The molecule has 6 nitrogen and oxygen atoms in total. The van der Waals surface area contributed by atoms with Crippen molar-refractivity contribution in [3.63, 3.8) is 0 Å². The highest BCUT2D eigenvalue weighted by Crippen LogP contribution is 2.19. The van der Waals surface area contributed by atoms with Gasteiger partial charge in [-0.15, -0.1) is 0 Å². The Morgan fingerprint density at radius 1 is 1.37 bits per heavy atom. The Morgan fingerprint density at radius 3 is 2.68 bits per heavy atom. The van der Waals surface area contributed by atoms with E-state index in [4.69, 9.17) is 0 Å². The molecular weight excluding hydrogens is 266 g/mol. The van der Waals surface area contributed by atoms with Crippen molar-refractivity contribution in [1.29, 1.82) is 0 Å². The van der Waals surface area contributed by atoms with Crippen molar-refractivity contribution in [3.8, 4) is 0 Å². The second kappa shape index (κ2) is 5.56. The zero-order valence-corrected chi connectivity index (χ0v) is 11.5. The Morgan fingerprint density at radius 2 is 2.05 bits per heavy atom. The summed E-state index contributed by atoms with van der Waals surface area (Å²) < 4.78 is 22.7. The molecule has 1 aliphatic rings. The van der Waals surface area contributed by atoms with Crippen molar-refractivity contribution in [2.75, 3.05) is 23.9 Å². The summed E-state index contributed by atoms with van der Waals surface area (Å²) in [4.78, 5) is 15.8. The first-order chi connectivity index (χ1) is 9.02. The standard InChI is InChI=1S/C12H17N3O3S/c1-13-12(16)10-3-2-6-14-11(10)15-9-4-7-19(17,18)8-5-9/h2-3,6,9H,4-5,7-8H2,1H3,(H,13,16)(H,14,15). The van der Waals surface area contributed by atoms with Crippen LogP contribution in [-0.4, -0.2) is 43.9 Å². The molecule has 1 aromatic heterocycles. The average molecular weight is 283 g/mol. The van der Waals surface area contributed by atoms with Gasteiger partial charge in [-0.05, 0) is 25.0 Å². The van der Waals surface area contributed by atoms with Crippen molar-refractivity contribution in [2.45, 2.75) is 18.9 Å². The number of nitrogens with zero attached hydrogens (tertiary/aromatic N) is 1. The molecule has 1 aromatic rings. The van der Waals surface area contributed by atoms with E-state index in [2.05, 4.69) is 15.6 Å². The van der Waals surface area contributed by atoms with Crippen LogP contribution in [0.15, 0.2) is 18.3 Å². The van der Waals surface area contributed by atoms with E-state index in [1.165, 1.54) is 0 Å². The van der Waals surface area contributed by atoms with Gasteiger partial charge in [0, 0.05) is 19.3 Å². The lowest BCUT2D eigenvalue weighted by Gasteiger charge is -2.24. The SMILES string of the molecule is CNC(=O)c1cccnc1NC1CCS(=O)(=O)CC1. The van der Waals surface area contributed by atoms with Crippen molar-refractivity contribution >= 4 is 21.6 Å². The molecule has 19 heavy (non-hydrogen) atoms. The minimum absolute atomic E-state index is 0.0434. The molecule has 1 amide bonds. The Balaban J connectivity index is 2.10. The van der Waals surface area contributed by atoms with Gasteiger partial charge in [-0.1, -0.05) is 0 Å². The van der Waals surface area contributed by atoms with Gasteiger partial charge in [0.2, 0.25) is 0 Å². The lowest BCUT2D eigenvalue weighted by molar-refractivity contribution is 0.0963. The van der Waals surface area contributed by atoms with Crippen molar-refractivity contribution in [2.24, 2.45) is 0 Å². The maximum absolute atomic E-state index is 11.7. The summed E-state index contributed by atoms with van der Waals surface area (Å²) in [6, 6.07) is 3.43. The number of hydrogen-bond acceptors (Lipinski definition) is 5. The van der Waals surface area contributed by atoms with Crippen molar-refractivity contribution in [3.05, 3.63) is 23.9 Å². The predicted octanol–water partition coefficient (Wildman–Crippen LogP) is 0.430. The van der Waals surface area contributed by atoms with Crippen LogP contribution in [0.3, 0.4) is 0 Å². The van der Waals surface area contributed by atoms with Crippen LogP contribution in [0.25, 0.3) is 0 Å². The second-order valence-electron chi connectivity index (χ2n) is 4.55. The summed E-state index contributed by atoms with van der Waals surface area (Å²) in [7, 11) is -1.32. The fraction of sp³-hybridized carbons (Fsp3) is 0.500. The third-order valence-corrected chi connectivity index (χ3v) is 4.89. The molecule has 104 valence electrons. The first kappa shape index (κ1) is 13.8. The highest BCUT2D eigenvalue weighted by Gasteiger charge is 2.24. The van der Waals surface area contributed by atoms with Crippen LogP contribution in [0.4, 0.5) is 5.82 Å². The molecule has 2 heterocycles. The molecule has 0 radical (unpaired) electrons. The highest BCUT2D eigenvalue weighted by atomic mass is 32.2. The van der Waals surface area contributed by atoms with Crippen molar-refractivity contribution < 1.29 is 13.2 Å². The molecule has 2 rings (SSSR count). The van der Waals surface area contributed by atoms with E-state index in [1.807, 2.05) is 0 Å². The second-order valence-corrected chi connectivity index (χ2v) is 6.85. The van der Waals surface area contributed by atoms with Gasteiger partial charge in [0.1, 0.15) is 15.7 Å². The topological polar surface area (TPSA) is 88.2 Å². The Bertz CT molecular complexity index is 557. The van der Waals surface area contributed by atoms with Gasteiger partial charge in [0.15, 0.2) is 0 Å².